The number of halogens is 4. The van der Waals surface area contributed by atoms with Crippen LogP contribution in [0.1, 0.15) is 62.9 Å². The third-order valence-electron chi connectivity index (χ3n) is 4.26. The molecule has 176 valence electrons. The summed E-state index contributed by atoms with van der Waals surface area (Å²) in [6.45, 7) is 7.72. The Labute approximate surface area is 192 Å². The van der Waals surface area contributed by atoms with Gasteiger partial charge < -0.3 is 19.4 Å². The third kappa shape index (κ3) is 6.47. The number of imidazole rings is 1. The molecule has 7 nitrogen and oxygen atoms in total. The maximum absolute atomic E-state index is 14.8. The summed E-state index contributed by atoms with van der Waals surface area (Å²) in [5, 5.41) is 2.61. The van der Waals surface area contributed by atoms with Crippen LogP contribution in [0.3, 0.4) is 0 Å². The number of hydrogen-bond acceptors (Lipinski definition) is 5. The molecule has 0 bridgehead atoms. The molecule has 1 heterocycles. The maximum atomic E-state index is 14.8. The van der Waals surface area contributed by atoms with Gasteiger partial charge in [0.05, 0.1) is 18.7 Å². The zero-order valence-corrected chi connectivity index (χ0v) is 19.9. The van der Waals surface area contributed by atoms with Crippen LogP contribution in [-0.2, 0) is 21.6 Å². The normalized spacial score (nSPS) is 13.6. The molecule has 0 saturated carbocycles. The van der Waals surface area contributed by atoms with Crippen molar-refractivity contribution < 1.29 is 32.2 Å². The van der Waals surface area contributed by atoms with Crippen molar-refractivity contribution in [3.8, 4) is 0 Å². The highest BCUT2D eigenvalue weighted by Gasteiger charge is 2.36. The van der Waals surface area contributed by atoms with E-state index in [-0.39, 0.29) is 18.7 Å². The van der Waals surface area contributed by atoms with E-state index in [4.69, 9.17) is 9.47 Å². The SMILES string of the molecule is CCOC(=O)c1nc(C(F)F)cn1CC(C)(NC(=O)OC(C)(C)C)c1cc(Br)ccc1F. The second-order valence-electron chi connectivity index (χ2n) is 8.22. The van der Waals surface area contributed by atoms with Gasteiger partial charge in [-0.3, -0.25) is 0 Å². The minimum absolute atomic E-state index is 0.00336. The molecule has 1 atom stereocenters. The zero-order chi connectivity index (χ0) is 24.3. The van der Waals surface area contributed by atoms with Gasteiger partial charge in [0.1, 0.15) is 17.1 Å². The van der Waals surface area contributed by atoms with Crippen molar-refractivity contribution in [2.75, 3.05) is 6.61 Å². The van der Waals surface area contributed by atoms with E-state index in [1.807, 2.05) is 0 Å². The molecular formula is C21H25BrF3N3O4. The van der Waals surface area contributed by atoms with E-state index < -0.39 is 47.0 Å². The van der Waals surface area contributed by atoms with E-state index in [2.05, 4.69) is 26.2 Å². The highest BCUT2D eigenvalue weighted by Crippen LogP contribution is 2.30. The Hall–Kier alpha value is -2.56. The summed E-state index contributed by atoms with van der Waals surface area (Å²) in [6, 6.07) is 4.11. The number of ether oxygens (including phenoxy) is 2. The van der Waals surface area contributed by atoms with Gasteiger partial charge in [-0.25, -0.2) is 27.7 Å². The highest BCUT2D eigenvalue weighted by molar-refractivity contribution is 9.10. The van der Waals surface area contributed by atoms with Crippen LogP contribution in [0.2, 0.25) is 0 Å². The lowest BCUT2D eigenvalue weighted by Crippen LogP contribution is -2.49. The smallest absolute Gasteiger partial charge is 0.408 e. The molecule has 0 aliphatic rings. The van der Waals surface area contributed by atoms with E-state index in [1.165, 1.54) is 25.1 Å². The number of nitrogens with zero attached hydrogens (tertiary/aromatic N) is 2. The number of carbonyl (C=O) groups is 2. The molecule has 2 aromatic rings. The average molecular weight is 520 g/mol. The van der Waals surface area contributed by atoms with Crippen molar-refractivity contribution in [3.63, 3.8) is 0 Å². The lowest BCUT2D eigenvalue weighted by atomic mass is 9.91. The minimum Gasteiger partial charge on any atom is -0.460 e. The summed E-state index contributed by atoms with van der Waals surface area (Å²) in [5.74, 6) is -1.97. The predicted molar refractivity (Wildman–Crippen MR) is 114 cm³/mol. The van der Waals surface area contributed by atoms with Gasteiger partial charge >= 0.3 is 12.1 Å². The average Bonchev–Trinajstić information content (AvgIpc) is 3.06. The second-order valence-corrected chi connectivity index (χ2v) is 9.14. The molecule has 1 amide bonds. The Balaban J connectivity index is 2.57. The first kappa shape index (κ1) is 25.7. The fourth-order valence-corrected chi connectivity index (χ4v) is 3.36. The topological polar surface area (TPSA) is 82.5 Å². The molecule has 1 N–H and O–H groups in total. The van der Waals surface area contributed by atoms with Gasteiger partial charge in [-0.15, -0.1) is 0 Å². The zero-order valence-electron chi connectivity index (χ0n) is 18.3. The number of alkyl halides is 2. The molecule has 0 saturated heterocycles. The van der Waals surface area contributed by atoms with Crippen LogP contribution < -0.4 is 5.32 Å². The fraction of sp³-hybridized carbons (Fsp3) is 0.476. The van der Waals surface area contributed by atoms with Crippen LogP contribution in [0, 0.1) is 5.82 Å². The number of aromatic nitrogens is 2. The number of alkyl carbamates (subject to hydrolysis) is 1. The lowest BCUT2D eigenvalue weighted by molar-refractivity contribution is 0.0445. The lowest BCUT2D eigenvalue weighted by Gasteiger charge is -2.33. The van der Waals surface area contributed by atoms with E-state index in [1.54, 1.807) is 27.7 Å². The van der Waals surface area contributed by atoms with Gasteiger partial charge in [-0.05, 0) is 52.8 Å². The standard InChI is InChI=1S/C21H25BrF3N3O4/c1-6-31-18(29)17-26-15(16(24)25)10-28(17)11-21(5,27-19(30)32-20(2,3)4)13-9-12(22)7-8-14(13)23/h7-10,16H,6,11H2,1-5H3,(H,27,30). The Morgan fingerprint density at radius 2 is 1.91 bits per heavy atom. The van der Waals surface area contributed by atoms with Gasteiger partial charge in [-0.2, -0.15) is 0 Å². The largest absolute Gasteiger partial charge is 0.460 e. The van der Waals surface area contributed by atoms with Crippen LogP contribution in [0.4, 0.5) is 18.0 Å². The number of benzene rings is 1. The first-order chi connectivity index (χ1) is 14.8. The number of hydrogen-bond donors (Lipinski definition) is 1. The van der Waals surface area contributed by atoms with E-state index in [0.29, 0.717) is 4.47 Å². The van der Waals surface area contributed by atoms with Crippen LogP contribution in [-0.4, -0.2) is 33.8 Å². The monoisotopic (exact) mass is 519 g/mol. The molecule has 2 rings (SSSR count). The molecule has 0 fully saturated rings. The van der Waals surface area contributed by atoms with Crippen molar-refractivity contribution in [2.24, 2.45) is 0 Å². The molecule has 1 unspecified atom stereocenters. The predicted octanol–water partition coefficient (Wildman–Crippen LogP) is 5.34. The van der Waals surface area contributed by atoms with Crippen molar-refractivity contribution in [2.45, 2.75) is 58.7 Å². The molecule has 1 aromatic carbocycles. The second kappa shape index (κ2) is 9.93. The van der Waals surface area contributed by atoms with Crippen LogP contribution in [0.5, 0.6) is 0 Å². The number of amides is 1. The summed E-state index contributed by atoms with van der Waals surface area (Å²) < 4.78 is 53.3. The quantitative estimate of drug-likeness (QED) is 0.499. The van der Waals surface area contributed by atoms with Crippen LogP contribution in [0.15, 0.2) is 28.9 Å². The third-order valence-corrected chi connectivity index (χ3v) is 4.76. The van der Waals surface area contributed by atoms with Crippen molar-refractivity contribution in [1.29, 1.82) is 0 Å². The summed E-state index contributed by atoms with van der Waals surface area (Å²) in [7, 11) is 0. The number of nitrogens with one attached hydrogen (secondary N) is 1. The maximum Gasteiger partial charge on any atom is 0.408 e. The number of esters is 1. The molecule has 32 heavy (non-hydrogen) atoms. The Kier molecular flexibility index (Phi) is 7.97. The minimum atomic E-state index is -2.95. The van der Waals surface area contributed by atoms with Gasteiger partial charge in [0.15, 0.2) is 0 Å². The highest BCUT2D eigenvalue weighted by atomic mass is 79.9. The van der Waals surface area contributed by atoms with E-state index in [0.717, 1.165) is 10.8 Å². The summed E-state index contributed by atoms with van der Waals surface area (Å²) in [4.78, 5) is 28.6. The molecule has 0 aliphatic carbocycles. The van der Waals surface area contributed by atoms with Crippen molar-refractivity contribution in [1.82, 2.24) is 14.9 Å². The van der Waals surface area contributed by atoms with Gasteiger partial charge in [-0.1, -0.05) is 15.9 Å². The number of rotatable bonds is 7. The first-order valence-electron chi connectivity index (χ1n) is 9.74. The summed E-state index contributed by atoms with van der Waals surface area (Å²) in [5.41, 5.74) is -2.96. The Bertz CT molecular complexity index is 991. The van der Waals surface area contributed by atoms with E-state index >= 15 is 0 Å². The van der Waals surface area contributed by atoms with Crippen molar-refractivity contribution >= 4 is 28.0 Å². The molecule has 0 aliphatic heterocycles. The number of carbonyl (C=O) groups excluding carboxylic acids is 2. The molecule has 0 radical (unpaired) electrons. The van der Waals surface area contributed by atoms with Gasteiger partial charge in [0, 0.05) is 16.2 Å². The molecular weight excluding hydrogens is 495 g/mol. The molecule has 1 aromatic heterocycles. The molecule has 11 heteroatoms. The van der Waals surface area contributed by atoms with Gasteiger partial charge in [0.2, 0.25) is 5.82 Å². The van der Waals surface area contributed by atoms with Crippen molar-refractivity contribution in [3.05, 3.63) is 51.8 Å². The van der Waals surface area contributed by atoms with Gasteiger partial charge in [0.25, 0.3) is 6.43 Å². The van der Waals surface area contributed by atoms with Crippen LogP contribution >= 0.6 is 15.9 Å². The molecule has 0 spiro atoms. The first-order valence-corrected chi connectivity index (χ1v) is 10.5. The summed E-state index contributed by atoms with van der Waals surface area (Å²) >= 11 is 3.27. The Morgan fingerprint density at radius 1 is 1.25 bits per heavy atom. The summed E-state index contributed by atoms with van der Waals surface area (Å²) in [6.07, 6.45) is -2.83. The Morgan fingerprint density at radius 3 is 2.47 bits per heavy atom. The van der Waals surface area contributed by atoms with E-state index in [9.17, 15) is 22.8 Å². The fourth-order valence-electron chi connectivity index (χ4n) is 3.00. The van der Waals surface area contributed by atoms with Crippen LogP contribution in [0.25, 0.3) is 0 Å².